The van der Waals surface area contributed by atoms with Gasteiger partial charge in [0.05, 0.1) is 33.8 Å². The molecule has 1 unspecified atom stereocenters. The molecule has 3 heterocycles. The van der Waals surface area contributed by atoms with Crippen molar-refractivity contribution in [2.24, 2.45) is 14.1 Å². The number of phenols is 2. The second-order valence-corrected chi connectivity index (χ2v) is 8.57. The Labute approximate surface area is 197 Å². The predicted molar refractivity (Wildman–Crippen MR) is 127 cm³/mol. The van der Waals surface area contributed by atoms with Gasteiger partial charge in [-0.3, -0.25) is 24.0 Å². The Morgan fingerprint density at radius 2 is 1.83 bits per heavy atom. The number of phenolic OH excluding ortho intramolecular Hbond substituents is 2. The van der Waals surface area contributed by atoms with Crippen LogP contribution in [0.25, 0.3) is 22.2 Å². The smallest absolute Gasteiger partial charge is 0.331 e. The minimum absolute atomic E-state index is 0.0902. The molecule has 0 spiro atoms. The Hall–Kier alpha value is -4.38. The summed E-state index contributed by atoms with van der Waals surface area (Å²) in [7, 11) is 2.91. The van der Waals surface area contributed by atoms with Crippen LogP contribution in [0, 0.1) is 17.0 Å². The third kappa shape index (κ3) is 3.23. The molecule has 0 saturated carbocycles. The molecule has 0 fully saturated rings. The zero-order valence-electron chi connectivity index (χ0n) is 19.2. The maximum atomic E-state index is 13.4. The third-order valence-electron chi connectivity index (χ3n) is 6.53. The number of hydrogen-bond donors (Lipinski definition) is 2. The molecule has 0 bridgehead atoms. The number of aromatic hydroxyl groups is 2. The highest BCUT2D eigenvalue weighted by Gasteiger charge is 2.34. The molecule has 4 aromatic rings. The van der Waals surface area contributed by atoms with E-state index >= 15 is 0 Å². The maximum Gasteiger partial charge on any atom is 0.331 e. The monoisotopic (exact) mass is 478 g/mol. The van der Waals surface area contributed by atoms with Crippen LogP contribution >= 0.6 is 0 Å². The van der Waals surface area contributed by atoms with Gasteiger partial charge in [0, 0.05) is 49.5 Å². The Morgan fingerprint density at radius 3 is 2.51 bits per heavy atom. The lowest BCUT2D eigenvalue weighted by molar-refractivity contribution is -0.385. The molecule has 11 heteroatoms. The molecule has 1 aliphatic heterocycles. The summed E-state index contributed by atoms with van der Waals surface area (Å²) in [6.07, 6.45) is -0.862. The molecule has 11 nitrogen and oxygen atoms in total. The zero-order chi connectivity index (χ0) is 25.2. The van der Waals surface area contributed by atoms with Crippen LogP contribution in [0.4, 0.5) is 5.69 Å². The third-order valence-corrected chi connectivity index (χ3v) is 6.53. The first-order valence-corrected chi connectivity index (χ1v) is 10.8. The summed E-state index contributed by atoms with van der Waals surface area (Å²) in [5, 5.41) is 32.2. The van der Waals surface area contributed by atoms with Crippen molar-refractivity contribution in [3.05, 3.63) is 84.2 Å². The molecular formula is C24H22N4O7. The second-order valence-electron chi connectivity index (χ2n) is 8.57. The van der Waals surface area contributed by atoms with Crippen molar-refractivity contribution in [1.29, 1.82) is 0 Å². The Balaban J connectivity index is 1.94. The van der Waals surface area contributed by atoms with E-state index in [0.717, 1.165) is 4.57 Å². The summed E-state index contributed by atoms with van der Waals surface area (Å²) in [5.41, 5.74) is 1.30. The topological polar surface area (TPSA) is 142 Å². The fraction of sp³-hybridized carbons (Fsp3) is 0.250. The quantitative estimate of drug-likeness (QED) is 0.340. The van der Waals surface area contributed by atoms with Gasteiger partial charge in [-0.15, -0.1) is 0 Å². The molecule has 2 aromatic heterocycles. The van der Waals surface area contributed by atoms with E-state index in [1.54, 1.807) is 19.1 Å². The summed E-state index contributed by atoms with van der Waals surface area (Å²) in [6.45, 7) is 2.16. The first-order valence-electron chi connectivity index (χ1n) is 10.8. The van der Waals surface area contributed by atoms with Gasteiger partial charge < -0.3 is 19.5 Å². The minimum atomic E-state index is -0.862. The highest BCUT2D eigenvalue weighted by molar-refractivity contribution is 5.97. The van der Waals surface area contributed by atoms with Crippen LogP contribution in [-0.2, 0) is 25.4 Å². The number of nitro benzene ring substituents is 1. The largest absolute Gasteiger partial charge is 0.508 e. The van der Waals surface area contributed by atoms with E-state index < -0.39 is 22.3 Å². The normalized spacial score (nSPS) is 15.3. The average molecular weight is 478 g/mol. The fourth-order valence-corrected chi connectivity index (χ4v) is 4.82. The van der Waals surface area contributed by atoms with E-state index in [4.69, 9.17) is 4.74 Å². The first kappa shape index (κ1) is 22.4. The van der Waals surface area contributed by atoms with Gasteiger partial charge in [0.1, 0.15) is 17.6 Å². The van der Waals surface area contributed by atoms with Gasteiger partial charge in [-0.05, 0) is 19.1 Å². The summed E-state index contributed by atoms with van der Waals surface area (Å²) >= 11 is 0. The highest BCUT2D eigenvalue weighted by Crippen LogP contribution is 2.43. The molecule has 0 radical (unpaired) electrons. The minimum Gasteiger partial charge on any atom is -0.508 e. The van der Waals surface area contributed by atoms with Crippen molar-refractivity contribution in [3.8, 4) is 22.8 Å². The van der Waals surface area contributed by atoms with Crippen molar-refractivity contribution in [2.75, 3.05) is 6.61 Å². The highest BCUT2D eigenvalue weighted by atomic mass is 16.6. The van der Waals surface area contributed by atoms with E-state index in [0.29, 0.717) is 40.1 Å². The number of benzene rings is 2. The lowest BCUT2D eigenvalue weighted by Crippen LogP contribution is -2.37. The van der Waals surface area contributed by atoms with Gasteiger partial charge in [0.2, 0.25) is 0 Å². The van der Waals surface area contributed by atoms with Crippen molar-refractivity contribution >= 4 is 16.6 Å². The molecule has 1 atom stereocenters. The molecule has 35 heavy (non-hydrogen) atoms. The number of nitrogens with zero attached hydrogens (tertiary/aromatic N) is 4. The van der Waals surface area contributed by atoms with Gasteiger partial charge in [-0.2, -0.15) is 0 Å². The number of fused-ring (bicyclic) bond motifs is 3. The van der Waals surface area contributed by atoms with E-state index in [-0.39, 0.29) is 29.2 Å². The molecule has 0 saturated heterocycles. The van der Waals surface area contributed by atoms with Crippen LogP contribution in [0.1, 0.15) is 22.9 Å². The van der Waals surface area contributed by atoms with Crippen LogP contribution in [-0.4, -0.2) is 35.4 Å². The zero-order valence-corrected chi connectivity index (χ0v) is 19.2. The molecule has 0 amide bonds. The maximum absolute atomic E-state index is 13.4. The number of aromatic nitrogens is 3. The Morgan fingerprint density at radius 1 is 1.09 bits per heavy atom. The van der Waals surface area contributed by atoms with Crippen molar-refractivity contribution in [1.82, 2.24) is 13.7 Å². The van der Waals surface area contributed by atoms with Gasteiger partial charge in [0.25, 0.3) is 11.2 Å². The molecule has 2 N–H and O–H groups in total. The molecular weight excluding hydrogens is 456 g/mol. The van der Waals surface area contributed by atoms with Gasteiger partial charge in [-0.25, -0.2) is 4.79 Å². The van der Waals surface area contributed by atoms with Crippen LogP contribution in [0.5, 0.6) is 11.5 Å². The number of nitro groups is 1. The molecule has 0 aliphatic carbocycles. The van der Waals surface area contributed by atoms with Gasteiger partial charge in [0.15, 0.2) is 0 Å². The Bertz CT molecular complexity index is 1660. The van der Waals surface area contributed by atoms with E-state index in [1.165, 1.54) is 42.9 Å². The molecule has 180 valence electrons. The molecule has 2 aromatic carbocycles. The Kier molecular flexibility index (Phi) is 5.02. The number of ether oxygens (including phenoxy) is 1. The second kappa shape index (κ2) is 7.84. The van der Waals surface area contributed by atoms with Crippen molar-refractivity contribution < 1.29 is 19.9 Å². The lowest BCUT2D eigenvalue weighted by atomic mass is 10.0. The van der Waals surface area contributed by atoms with Gasteiger partial charge in [-0.1, -0.05) is 12.1 Å². The SMILES string of the molecule is Cc1ccc(-c2c3c(=O)n(C)c(=O)n(C)c3c3n2CCOC3c2ccc(O)cc2O)cc1[N+](=O)[O-]. The number of rotatable bonds is 3. The van der Waals surface area contributed by atoms with Crippen LogP contribution in [0.15, 0.2) is 46.0 Å². The van der Waals surface area contributed by atoms with Crippen LogP contribution in [0.2, 0.25) is 0 Å². The van der Waals surface area contributed by atoms with Crippen LogP contribution < -0.4 is 11.2 Å². The summed E-state index contributed by atoms with van der Waals surface area (Å²) < 4.78 is 10.2. The van der Waals surface area contributed by atoms with Crippen molar-refractivity contribution in [3.63, 3.8) is 0 Å². The summed E-state index contributed by atoms with van der Waals surface area (Å²) in [5.74, 6) is -0.338. The lowest BCUT2D eigenvalue weighted by Gasteiger charge is -2.28. The molecule has 5 rings (SSSR count). The predicted octanol–water partition coefficient (Wildman–Crippen LogP) is 2.45. The average Bonchev–Trinajstić information content (AvgIpc) is 3.17. The fourth-order valence-electron chi connectivity index (χ4n) is 4.82. The standard InChI is InChI=1S/C24H22N4O7/c1-12-4-5-13(10-16(12)28(33)34)19-18-20(25(2)24(32)26(3)23(18)31)21-22(35-9-8-27(19)21)15-7-6-14(29)11-17(15)30/h4-7,10-11,22,29-30H,8-9H2,1-3H3. The first-order chi connectivity index (χ1) is 16.6. The number of hydrogen-bond acceptors (Lipinski definition) is 7. The summed E-state index contributed by atoms with van der Waals surface area (Å²) in [6, 6.07) is 8.85. The number of aryl methyl sites for hydroxylation is 2. The van der Waals surface area contributed by atoms with Gasteiger partial charge >= 0.3 is 5.69 Å². The van der Waals surface area contributed by atoms with Crippen LogP contribution in [0.3, 0.4) is 0 Å². The van der Waals surface area contributed by atoms with E-state index in [9.17, 15) is 29.9 Å². The van der Waals surface area contributed by atoms with Crippen molar-refractivity contribution in [2.45, 2.75) is 19.6 Å². The summed E-state index contributed by atoms with van der Waals surface area (Å²) in [4.78, 5) is 37.5. The molecule has 1 aliphatic rings. The van der Waals surface area contributed by atoms with E-state index in [1.807, 2.05) is 4.57 Å². The van der Waals surface area contributed by atoms with E-state index in [2.05, 4.69) is 0 Å².